The first-order valence-electron chi connectivity index (χ1n) is 6.74. The van der Waals surface area contributed by atoms with Gasteiger partial charge in [-0.15, -0.1) is 0 Å². The lowest BCUT2D eigenvalue weighted by Crippen LogP contribution is -2.27. The van der Waals surface area contributed by atoms with Crippen LogP contribution in [0, 0.1) is 6.92 Å². The highest BCUT2D eigenvalue weighted by atomic mass is 16.4. The maximum atomic E-state index is 12.3. The molecule has 1 unspecified atom stereocenters. The molecule has 2 heterocycles. The average molecular weight is 289 g/mol. The van der Waals surface area contributed by atoms with E-state index in [2.05, 4.69) is 20.7 Å². The van der Waals surface area contributed by atoms with E-state index in [4.69, 9.17) is 10.3 Å². The van der Waals surface area contributed by atoms with Crippen molar-refractivity contribution in [2.45, 2.75) is 33.2 Å². The topological polar surface area (TPSA) is 106 Å². The molecule has 0 aliphatic heterocycles. The first-order chi connectivity index (χ1) is 10.0. The number of nitrogens with one attached hydrogen (secondary N) is 2. The van der Waals surface area contributed by atoms with Gasteiger partial charge in [-0.2, -0.15) is 0 Å². The van der Waals surface area contributed by atoms with Gasteiger partial charge in [0, 0.05) is 11.3 Å². The lowest BCUT2D eigenvalue weighted by Gasteiger charge is -2.12. The Morgan fingerprint density at radius 1 is 1.48 bits per heavy atom. The summed E-state index contributed by atoms with van der Waals surface area (Å²) in [6, 6.07) is 3.02. The van der Waals surface area contributed by atoms with Gasteiger partial charge in [0.15, 0.2) is 0 Å². The number of hydrazine groups is 1. The van der Waals surface area contributed by atoms with Gasteiger partial charge in [-0.1, -0.05) is 6.92 Å². The first-order valence-corrected chi connectivity index (χ1v) is 6.74. The maximum absolute atomic E-state index is 12.3. The average Bonchev–Trinajstić information content (AvgIpc) is 2.93. The molecule has 2 aromatic rings. The van der Waals surface area contributed by atoms with Gasteiger partial charge in [0.2, 0.25) is 5.89 Å². The molecule has 21 heavy (non-hydrogen) atoms. The van der Waals surface area contributed by atoms with Crippen molar-refractivity contribution in [1.82, 2.24) is 15.3 Å². The third-order valence-corrected chi connectivity index (χ3v) is 3.01. The molecular weight excluding hydrogens is 270 g/mol. The van der Waals surface area contributed by atoms with Gasteiger partial charge in [0.1, 0.15) is 17.6 Å². The minimum Gasteiger partial charge on any atom is -0.444 e. The van der Waals surface area contributed by atoms with E-state index < -0.39 is 0 Å². The minimum absolute atomic E-state index is 0.230. The molecule has 112 valence electrons. The highest BCUT2D eigenvalue weighted by Gasteiger charge is 2.16. The molecule has 4 N–H and O–H groups in total. The summed E-state index contributed by atoms with van der Waals surface area (Å²) >= 11 is 0. The normalized spacial score (nSPS) is 12.0. The Balaban J connectivity index is 2.16. The van der Waals surface area contributed by atoms with E-state index in [-0.39, 0.29) is 11.9 Å². The van der Waals surface area contributed by atoms with E-state index in [1.807, 2.05) is 13.8 Å². The molecule has 1 amide bonds. The molecule has 0 aromatic carbocycles. The van der Waals surface area contributed by atoms with Crippen LogP contribution in [0.25, 0.3) is 0 Å². The quantitative estimate of drug-likeness (QED) is 0.571. The van der Waals surface area contributed by atoms with Crippen LogP contribution in [0.5, 0.6) is 0 Å². The highest BCUT2D eigenvalue weighted by molar-refractivity contribution is 5.95. The van der Waals surface area contributed by atoms with Crippen LogP contribution < -0.4 is 16.6 Å². The summed E-state index contributed by atoms with van der Waals surface area (Å²) < 4.78 is 5.40. The largest absolute Gasteiger partial charge is 0.444 e. The fourth-order valence-corrected chi connectivity index (χ4v) is 1.89. The minimum atomic E-state index is -0.321. The predicted octanol–water partition coefficient (Wildman–Crippen LogP) is 1.72. The molecule has 0 fully saturated rings. The molecule has 2 rings (SSSR count). The van der Waals surface area contributed by atoms with Crippen molar-refractivity contribution in [3.05, 3.63) is 41.2 Å². The van der Waals surface area contributed by atoms with E-state index in [1.54, 1.807) is 25.3 Å². The number of rotatable bonds is 5. The third kappa shape index (κ3) is 3.57. The van der Waals surface area contributed by atoms with E-state index in [1.165, 1.54) is 0 Å². The van der Waals surface area contributed by atoms with Crippen molar-refractivity contribution in [3.8, 4) is 0 Å². The Morgan fingerprint density at radius 3 is 2.81 bits per heavy atom. The Hall–Kier alpha value is -2.41. The molecule has 0 bridgehead atoms. The Kier molecular flexibility index (Phi) is 4.54. The van der Waals surface area contributed by atoms with Gasteiger partial charge in [-0.3, -0.25) is 4.79 Å². The third-order valence-electron chi connectivity index (χ3n) is 3.01. The number of nitrogen functional groups attached to an aromatic ring is 1. The zero-order valence-electron chi connectivity index (χ0n) is 12.3. The van der Waals surface area contributed by atoms with Crippen LogP contribution in [0.15, 0.2) is 22.7 Å². The molecule has 0 aliphatic rings. The summed E-state index contributed by atoms with van der Waals surface area (Å²) in [5, 5.41) is 2.84. The van der Waals surface area contributed by atoms with Crippen molar-refractivity contribution in [2.24, 2.45) is 5.84 Å². The van der Waals surface area contributed by atoms with E-state index >= 15 is 0 Å². The maximum Gasteiger partial charge on any atom is 0.252 e. The number of nitrogens with two attached hydrogens (primary N) is 1. The molecule has 0 radical (unpaired) electrons. The van der Waals surface area contributed by atoms with Crippen LogP contribution >= 0.6 is 0 Å². The fourth-order valence-electron chi connectivity index (χ4n) is 1.89. The van der Waals surface area contributed by atoms with Crippen molar-refractivity contribution < 1.29 is 9.21 Å². The van der Waals surface area contributed by atoms with Crippen molar-refractivity contribution >= 4 is 11.7 Å². The van der Waals surface area contributed by atoms with Crippen LogP contribution in [0.4, 0.5) is 5.82 Å². The van der Waals surface area contributed by atoms with Gasteiger partial charge >= 0.3 is 0 Å². The van der Waals surface area contributed by atoms with Crippen LogP contribution in [0.2, 0.25) is 0 Å². The van der Waals surface area contributed by atoms with Gasteiger partial charge in [-0.25, -0.2) is 15.8 Å². The number of aryl methyl sites for hydroxylation is 2. The second-order valence-corrected chi connectivity index (χ2v) is 4.73. The summed E-state index contributed by atoms with van der Waals surface area (Å²) in [5.41, 5.74) is 3.74. The molecule has 7 nitrogen and oxygen atoms in total. The Bertz CT molecular complexity index is 616. The molecular formula is C14H19N5O2. The van der Waals surface area contributed by atoms with Gasteiger partial charge in [0.25, 0.3) is 5.91 Å². The zero-order valence-corrected chi connectivity index (χ0v) is 12.3. The summed E-state index contributed by atoms with van der Waals surface area (Å²) in [6.45, 7) is 5.58. The lowest BCUT2D eigenvalue weighted by molar-refractivity contribution is 0.0933. The number of nitrogens with zero attached hydrogens (tertiary/aromatic N) is 2. The number of carbonyl (C=O) groups is 1. The number of pyridine rings is 1. The van der Waals surface area contributed by atoms with Gasteiger partial charge in [-0.05, 0) is 32.4 Å². The Morgan fingerprint density at radius 2 is 2.24 bits per heavy atom. The second kappa shape index (κ2) is 6.36. The standard InChI is InChI=1S/C14H19N5O2/c1-4-11-5-10(6-12(18-11)19-15)13(20)17-9(3)14-16-7-8(2)21-14/h5-7,9H,4,15H2,1-3H3,(H,17,20)(H,18,19). The lowest BCUT2D eigenvalue weighted by atomic mass is 10.1. The van der Waals surface area contributed by atoms with E-state index in [0.717, 1.165) is 5.69 Å². The molecule has 7 heteroatoms. The summed E-state index contributed by atoms with van der Waals surface area (Å²) in [4.78, 5) is 20.6. The number of hydrogen-bond donors (Lipinski definition) is 3. The zero-order chi connectivity index (χ0) is 15.4. The second-order valence-electron chi connectivity index (χ2n) is 4.73. The summed E-state index contributed by atoms with van der Waals surface area (Å²) in [5.74, 6) is 6.78. The van der Waals surface area contributed by atoms with Crippen molar-refractivity contribution in [1.29, 1.82) is 0 Å². The highest BCUT2D eigenvalue weighted by Crippen LogP contribution is 2.15. The molecule has 0 saturated carbocycles. The van der Waals surface area contributed by atoms with Crippen LogP contribution in [-0.4, -0.2) is 15.9 Å². The molecule has 1 atom stereocenters. The van der Waals surface area contributed by atoms with Crippen LogP contribution in [-0.2, 0) is 6.42 Å². The molecule has 0 aliphatic carbocycles. The fraction of sp³-hybridized carbons (Fsp3) is 0.357. The number of hydrogen-bond acceptors (Lipinski definition) is 6. The number of oxazole rings is 1. The first kappa shape index (κ1) is 15.0. The summed E-state index contributed by atoms with van der Waals surface area (Å²) in [6.07, 6.45) is 2.33. The SMILES string of the molecule is CCc1cc(C(=O)NC(C)c2ncc(C)o2)cc(NN)n1. The molecule has 0 saturated heterocycles. The molecule has 2 aromatic heterocycles. The van der Waals surface area contributed by atoms with Crippen molar-refractivity contribution in [3.63, 3.8) is 0 Å². The predicted molar refractivity (Wildman–Crippen MR) is 78.5 cm³/mol. The summed E-state index contributed by atoms with van der Waals surface area (Å²) in [7, 11) is 0. The van der Waals surface area contributed by atoms with Gasteiger partial charge < -0.3 is 15.2 Å². The monoisotopic (exact) mass is 289 g/mol. The van der Waals surface area contributed by atoms with Gasteiger partial charge in [0.05, 0.1) is 6.20 Å². The van der Waals surface area contributed by atoms with Crippen molar-refractivity contribution in [2.75, 3.05) is 5.43 Å². The smallest absolute Gasteiger partial charge is 0.252 e. The van der Waals surface area contributed by atoms with Crippen LogP contribution in [0.1, 0.15) is 47.6 Å². The van der Waals surface area contributed by atoms with E-state index in [0.29, 0.717) is 29.5 Å². The number of aromatic nitrogens is 2. The Labute approximate surface area is 122 Å². The number of carbonyl (C=O) groups excluding carboxylic acids is 1. The van der Waals surface area contributed by atoms with E-state index in [9.17, 15) is 4.79 Å². The molecule has 0 spiro atoms. The number of amides is 1. The van der Waals surface area contributed by atoms with Crippen LogP contribution in [0.3, 0.4) is 0 Å². The number of anilines is 1.